The van der Waals surface area contributed by atoms with Crippen LogP contribution in [0.2, 0.25) is 5.02 Å². The highest BCUT2D eigenvalue weighted by atomic mass is 35.5. The molecule has 0 bridgehead atoms. The SMILES string of the molecule is CCc1cc(C(=O)Cc2c(Cl)c(C)nn2C)n(C)n1. The minimum Gasteiger partial charge on any atom is -0.292 e. The fourth-order valence-corrected chi connectivity index (χ4v) is 2.30. The molecule has 2 rings (SSSR count). The molecule has 2 aromatic rings. The summed E-state index contributed by atoms with van der Waals surface area (Å²) in [4.78, 5) is 12.3. The molecule has 5 nitrogen and oxygen atoms in total. The van der Waals surface area contributed by atoms with E-state index in [0.717, 1.165) is 23.5 Å². The number of rotatable bonds is 4. The number of Topliss-reactive ketones (excluding diaryl/α,β-unsaturated/α-hetero) is 1. The van der Waals surface area contributed by atoms with Crippen LogP contribution in [0.1, 0.15) is 34.5 Å². The van der Waals surface area contributed by atoms with Crippen molar-refractivity contribution in [2.24, 2.45) is 14.1 Å². The summed E-state index contributed by atoms with van der Waals surface area (Å²) in [5, 5.41) is 9.06. The van der Waals surface area contributed by atoms with Gasteiger partial charge in [-0.05, 0) is 19.4 Å². The van der Waals surface area contributed by atoms with Crippen molar-refractivity contribution in [2.45, 2.75) is 26.7 Å². The van der Waals surface area contributed by atoms with E-state index in [1.54, 1.807) is 23.5 Å². The lowest BCUT2D eigenvalue weighted by Crippen LogP contribution is -2.12. The molecule has 0 spiro atoms. The number of carbonyl (C=O) groups is 1. The Morgan fingerprint density at radius 2 is 2.00 bits per heavy atom. The van der Waals surface area contributed by atoms with E-state index in [4.69, 9.17) is 11.6 Å². The third-order valence-electron chi connectivity index (χ3n) is 3.17. The molecule has 0 aromatic carbocycles. The molecule has 19 heavy (non-hydrogen) atoms. The number of carbonyl (C=O) groups excluding carboxylic acids is 1. The lowest BCUT2D eigenvalue weighted by molar-refractivity contribution is 0.0981. The van der Waals surface area contributed by atoms with Crippen molar-refractivity contribution in [2.75, 3.05) is 0 Å². The van der Waals surface area contributed by atoms with Crippen molar-refractivity contribution in [1.82, 2.24) is 19.6 Å². The molecule has 2 heterocycles. The molecule has 102 valence electrons. The van der Waals surface area contributed by atoms with Gasteiger partial charge in [-0.2, -0.15) is 10.2 Å². The third kappa shape index (κ3) is 2.56. The van der Waals surface area contributed by atoms with Crippen LogP contribution in [0.25, 0.3) is 0 Å². The number of halogens is 1. The molecular formula is C13H17ClN4O. The number of aromatic nitrogens is 4. The highest BCUT2D eigenvalue weighted by Gasteiger charge is 2.18. The summed E-state index contributed by atoms with van der Waals surface area (Å²) in [6.07, 6.45) is 1.05. The fraction of sp³-hybridized carbons (Fsp3) is 0.462. The second-order valence-electron chi connectivity index (χ2n) is 4.57. The summed E-state index contributed by atoms with van der Waals surface area (Å²) in [5.41, 5.74) is 3.00. The number of hydrogen-bond donors (Lipinski definition) is 0. The Morgan fingerprint density at radius 3 is 2.47 bits per heavy atom. The van der Waals surface area contributed by atoms with Gasteiger partial charge < -0.3 is 0 Å². The maximum Gasteiger partial charge on any atom is 0.186 e. The maximum atomic E-state index is 12.3. The number of aryl methyl sites for hydroxylation is 4. The van der Waals surface area contributed by atoms with E-state index < -0.39 is 0 Å². The highest BCUT2D eigenvalue weighted by Crippen LogP contribution is 2.21. The van der Waals surface area contributed by atoms with Crippen LogP contribution >= 0.6 is 11.6 Å². The van der Waals surface area contributed by atoms with Crippen LogP contribution in [-0.4, -0.2) is 25.3 Å². The van der Waals surface area contributed by atoms with Gasteiger partial charge in [0.25, 0.3) is 0 Å². The number of nitrogens with zero attached hydrogens (tertiary/aromatic N) is 4. The molecule has 0 saturated carbocycles. The molecular weight excluding hydrogens is 264 g/mol. The summed E-state index contributed by atoms with van der Waals surface area (Å²) < 4.78 is 3.28. The van der Waals surface area contributed by atoms with Gasteiger partial charge >= 0.3 is 0 Å². The van der Waals surface area contributed by atoms with Crippen LogP contribution in [0.5, 0.6) is 0 Å². The Balaban J connectivity index is 2.28. The van der Waals surface area contributed by atoms with Gasteiger partial charge in [-0.3, -0.25) is 14.2 Å². The summed E-state index contributed by atoms with van der Waals surface area (Å²) in [6.45, 7) is 3.84. The summed E-state index contributed by atoms with van der Waals surface area (Å²) in [6, 6.07) is 1.83. The molecule has 0 N–H and O–H groups in total. The van der Waals surface area contributed by atoms with E-state index in [-0.39, 0.29) is 12.2 Å². The van der Waals surface area contributed by atoms with Gasteiger partial charge in [0.15, 0.2) is 5.78 Å². The zero-order valence-corrected chi connectivity index (χ0v) is 12.3. The first-order valence-electron chi connectivity index (χ1n) is 6.18. The first kappa shape index (κ1) is 13.8. The second kappa shape index (κ2) is 5.17. The first-order valence-corrected chi connectivity index (χ1v) is 6.56. The Kier molecular flexibility index (Phi) is 3.75. The first-order chi connectivity index (χ1) is 8.93. The third-order valence-corrected chi connectivity index (χ3v) is 3.66. The van der Waals surface area contributed by atoms with Gasteiger partial charge in [0, 0.05) is 14.1 Å². The Bertz CT molecular complexity index is 627. The van der Waals surface area contributed by atoms with Crippen molar-refractivity contribution >= 4 is 17.4 Å². The van der Waals surface area contributed by atoms with E-state index in [0.29, 0.717) is 10.7 Å². The molecule has 0 aliphatic heterocycles. The average molecular weight is 281 g/mol. The quantitative estimate of drug-likeness (QED) is 0.806. The fourth-order valence-electron chi connectivity index (χ4n) is 2.08. The molecule has 2 aromatic heterocycles. The van der Waals surface area contributed by atoms with Crippen LogP contribution in [0.4, 0.5) is 0 Å². The van der Waals surface area contributed by atoms with Gasteiger partial charge in [0.1, 0.15) is 5.69 Å². The lowest BCUT2D eigenvalue weighted by Gasteiger charge is -2.03. The highest BCUT2D eigenvalue weighted by molar-refractivity contribution is 6.32. The standard InChI is InChI=1S/C13H17ClN4O/c1-5-9-6-10(17(3)16-9)12(19)7-11-13(14)8(2)15-18(11)4/h6H,5,7H2,1-4H3. The Morgan fingerprint density at radius 1 is 1.32 bits per heavy atom. The van der Waals surface area contributed by atoms with Gasteiger partial charge in [-0.1, -0.05) is 18.5 Å². The van der Waals surface area contributed by atoms with Crippen molar-refractivity contribution in [3.63, 3.8) is 0 Å². The molecule has 0 fully saturated rings. The average Bonchev–Trinajstić information content (AvgIpc) is 2.85. The Labute approximate surface area is 117 Å². The molecule has 0 saturated heterocycles. The van der Waals surface area contributed by atoms with E-state index in [9.17, 15) is 4.79 Å². The zero-order valence-electron chi connectivity index (χ0n) is 11.6. The normalized spacial score (nSPS) is 11.0. The molecule has 0 atom stereocenters. The predicted molar refractivity (Wildman–Crippen MR) is 73.6 cm³/mol. The molecule has 0 unspecified atom stereocenters. The minimum atomic E-state index is -0.000370. The predicted octanol–water partition coefficient (Wildman–Crippen LogP) is 2.10. The van der Waals surface area contributed by atoms with E-state index >= 15 is 0 Å². The van der Waals surface area contributed by atoms with Crippen molar-refractivity contribution < 1.29 is 4.79 Å². The largest absolute Gasteiger partial charge is 0.292 e. The monoisotopic (exact) mass is 280 g/mol. The minimum absolute atomic E-state index is 0.000370. The van der Waals surface area contributed by atoms with Crippen LogP contribution in [0, 0.1) is 6.92 Å². The van der Waals surface area contributed by atoms with Crippen LogP contribution in [-0.2, 0) is 26.9 Å². The van der Waals surface area contributed by atoms with Gasteiger partial charge in [-0.15, -0.1) is 0 Å². The number of ketones is 1. The Hall–Kier alpha value is -1.62. The molecule has 0 aliphatic carbocycles. The maximum absolute atomic E-state index is 12.3. The van der Waals surface area contributed by atoms with Gasteiger partial charge in [0.2, 0.25) is 0 Å². The smallest absolute Gasteiger partial charge is 0.186 e. The van der Waals surface area contributed by atoms with Gasteiger partial charge in [-0.25, -0.2) is 0 Å². The van der Waals surface area contributed by atoms with E-state index in [1.807, 2.05) is 19.9 Å². The van der Waals surface area contributed by atoms with Crippen molar-refractivity contribution in [3.05, 3.63) is 33.9 Å². The molecule has 0 aliphatic rings. The molecule has 0 radical (unpaired) electrons. The summed E-state index contributed by atoms with van der Waals surface area (Å²) >= 11 is 6.16. The molecule has 0 amide bonds. The second-order valence-corrected chi connectivity index (χ2v) is 4.95. The molecule has 6 heteroatoms. The zero-order chi connectivity index (χ0) is 14.2. The summed E-state index contributed by atoms with van der Waals surface area (Å²) in [5.74, 6) is -0.000370. The van der Waals surface area contributed by atoms with Crippen LogP contribution in [0.3, 0.4) is 0 Å². The van der Waals surface area contributed by atoms with E-state index in [2.05, 4.69) is 10.2 Å². The van der Waals surface area contributed by atoms with E-state index in [1.165, 1.54) is 0 Å². The topological polar surface area (TPSA) is 52.7 Å². The number of hydrogen-bond acceptors (Lipinski definition) is 3. The van der Waals surface area contributed by atoms with Crippen LogP contribution in [0.15, 0.2) is 6.07 Å². The van der Waals surface area contributed by atoms with Crippen LogP contribution < -0.4 is 0 Å². The lowest BCUT2D eigenvalue weighted by atomic mass is 10.1. The summed E-state index contributed by atoms with van der Waals surface area (Å²) in [7, 11) is 3.57. The van der Waals surface area contributed by atoms with Gasteiger partial charge in [0.05, 0.1) is 28.5 Å². The van der Waals surface area contributed by atoms with Crippen molar-refractivity contribution in [3.8, 4) is 0 Å². The van der Waals surface area contributed by atoms with Crippen molar-refractivity contribution in [1.29, 1.82) is 0 Å².